The van der Waals surface area contributed by atoms with E-state index in [1.807, 2.05) is 13.0 Å². The van der Waals surface area contributed by atoms with Gasteiger partial charge in [-0.05, 0) is 24.5 Å². The van der Waals surface area contributed by atoms with Gasteiger partial charge in [-0.1, -0.05) is 13.8 Å². The third-order valence-corrected chi connectivity index (χ3v) is 1.83. The second-order valence-corrected chi connectivity index (χ2v) is 2.50. The molecule has 0 atom stereocenters. The van der Waals surface area contributed by atoms with Crippen LogP contribution in [0.3, 0.4) is 0 Å². The fourth-order valence-corrected chi connectivity index (χ4v) is 1.11. The normalized spacial score (nSPS) is 10.0. The zero-order valence-corrected chi connectivity index (χ0v) is 7.02. The van der Waals surface area contributed by atoms with Crippen LogP contribution in [0.25, 0.3) is 0 Å². The molecule has 59 valence electrons. The van der Waals surface area contributed by atoms with Gasteiger partial charge in [0, 0.05) is 6.20 Å². The highest BCUT2D eigenvalue weighted by Gasteiger charge is 2.02. The smallest absolute Gasteiger partial charge is 0.0786 e. The van der Waals surface area contributed by atoms with Crippen molar-refractivity contribution in [2.75, 3.05) is 0 Å². The average Bonchev–Trinajstić information content (AvgIpc) is 2.05. The third kappa shape index (κ3) is 1.50. The zero-order chi connectivity index (χ0) is 8.27. The van der Waals surface area contributed by atoms with Gasteiger partial charge in [-0.25, -0.2) is 0 Å². The summed E-state index contributed by atoms with van der Waals surface area (Å²) in [5.74, 6) is 0. The zero-order valence-electron chi connectivity index (χ0n) is 7.02. The van der Waals surface area contributed by atoms with E-state index in [0.717, 1.165) is 24.1 Å². The minimum Gasteiger partial charge on any atom is -0.299 e. The minimum atomic E-state index is 0.623. The Hall–Kier alpha value is -1.05. The lowest BCUT2D eigenvalue weighted by atomic mass is 10.1. The second-order valence-electron chi connectivity index (χ2n) is 2.50. The highest BCUT2D eigenvalue weighted by Crippen LogP contribution is 2.17. The summed E-state index contributed by atoms with van der Waals surface area (Å²) in [6.45, 7) is 4.09. The lowest BCUT2D eigenvalue weighted by Gasteiger charge is -2.04. The number of nitrogens with zero attached hydrogens (tertiary/aromatic N) is 1. The van der Waals surface area contributed by atoms with Gasteiger partial charge in [0.05, 0.1) is 11.4 Å². The van der Waals surface area contributed by atoms with Crippen LogP contribution < -0.4 is 5.73 Å². The first-order valence-electron chi connectivity index (χ1n) is 3.98. The molecule has 0 saturated carbocycles. The Kier molecular flexibility index (Phi) is 2.47. The van der Waals surface area contributed by atoms with Gasteiger partial charge in [0.2, 0.25) is 0 Å². The van der Waals surface area contributed by atoms with Gasteiger partial charge in [0.15, 0.2) is 0 Å². The van der Waals surface area contributed by atoms with Crippen LogP contribution in [0.2, 0.25) is 0 Å². The Morgan fingerprint density at radius 2 is 2.09 bits per heavy atom. The SMILES string of the molecule is CCc1ccnc(CC)c1[NH]. The van der Waals surface area contributed by atoms with E-state index in [1.54, 1.807) is 6.20 Å². The Labute approximate surface area is 67.5 Å². The Morgan fingerprint density at radius 3 is 2.64 bits per heavy atom. The summed E-state index contributed by atoms with van der Waals surface area (Å²) in [6.07, 6.45) is 3.57. The van der Waals surface area contributed by atoms with Crippen LogP contribution in [0.15, 0.2) is 12.3 Å². The first-order chi connectivity index (χ1) is 5.29. The van der Waals surface area contributed by atoms with E-state index in [1.165, 1.54) is 0 Å². The van der Waals surface area contributed by atoms with Crippen molar-refractivity contribution >= 4 is 5.69 Å². The molecule has 0 amide bonds. The van der Waals surface area contributed by atoms with E-state index < -0.39 is 0 Å². The summed E-state index contributed by atoms with van der Waals surface area (Å²) < 4.78 is 0. The number of aryl methyl sites for hydroxylation is 2. The fraction of sp³-hybridized carbons (Fsp3) is 0.444. The molecule has 0 bridgehead atoms. The molecular weight excluding hydrogens is 136 g/mol. The predicted octanol–water partition coefficient (Wildman–Crippen LogP) is 2.12. The molecule has 1 N–H and O–H groups in total. The predicted molar refractivity (Wildman–Crippen MR) is 45.7 cm³/mol. The van der Waals surface area contributed by atoms with Crippen molar-refractivity contribution in [3.8, 4) is 0 Å². The average molecular weight is 149 g/mol. The molecule has 2 nitrogen and oxygen atoms in total. The van der Waals surface area contributed by atoms with Crippen molar-refractivity contribution in [1.82, 2.24) is 10.7 Å². The van der Waals surface area contributed by atoms with Gasteiger partial charge in [0.1, 0.15) is 0 Å². The molecule has 0 fully saturated rings. The molecular formula is C9H13N2. The highest BCUT2D eigenvalue weighted by atomic mass is 14.7. The van der Waals surface area contributed by atoms with Crippen LogP contribution in [0, 0.1) is 0 Å². The molecule has 1 radical (unpaired) electrons. The van der Waals surface area contributed by atoms with Gasteiger partial charge >= 0.3 is 0 Å². The molecule has 11 heavy (non-hydrogen) atoms. The van der Waals surface area contributed by atoms with Gasteiger partial charge in [-0.15, -0.1) is 0 Å². The molecule has 0 aliphatic carbocycles. The lowest BCUT2D eigenvalue weighted by molar-refractivity contribution is 0.997. The van der Waals surface area contributed by atoms with E-state index in [0.29, 0.717) is 5.69 Å². The maximum atomic E-state index is 7.68. The number of hydrogen-bond acceptors (Lipinski definition) is 1. The summed E-state index contributed by atoms with van der Waals surface area (Å²) in [5.41, 5.74) is 10.3. The lowest BCUT2D eigenvalue weighted by Crippen LogP contribution is -1.93. The summed E-state index contributed by atoms with van der Waals surface area (Å²) in [7, 11) is 0. The van der Waals surface area contributed by atoms with E-state index in [2.05, 4.69) is 11.9 Å². The minimum absolute atomic E-state index is 0.623. The maximum Gasteiger partial charge on any atom is 0.0786 e. The number of nitrogens with one attached hydrogen (secondary N) is 1. The van der Waals surface area contributed by atoms with Crippen LogP contribution in [0.4, 0.5) is 5.69 Å². The first kappa shape index (κ1) is 8.05. The Balaban J connectivity index is 3.10. The van der Waals surface area contributed by atoms with Gasteiger partial charge in [-0.3, -0.25) is 10.7 Å². The third-order valence-electron chi connectivity index (χ3n) is 1.83. The molecule has 1 rings (SSSR count). The number of rotatable bonds is 2. The monoisotopic (exact) mass is 149 g/mol. The second kappa shape index (κ2) is 3.37. The van der Waals surface area contributed by atoms with Gasteiger partial charge in [0.25, 0.3) is 0 Å². The molecule has 2 heteroatoms. The van der Waals surface area contributed by atoms with Crippen molar-refractivity contribution in [1.29, 1.82) is 0 Å². The standard InChI is InChI=1S/C9H13N2/c1-3-7-5-6-11-8(4-2)9(7)10/h5-6,10H,3-4H2,1-2H3. The Bertz CT molecular complexity index is 221. The summed E-state index contributed by atoms with van der Waals surface area (Å²) in [4.78, 5) is 4.12. The van der Waals surface area contributed by atoms with Crippen molar-refractivity contribution in [3.63, 3.8) is 0 Å². The molecule has 1 aromatic heterocycles. The van der Waals surface area contributed by atoms with Crippen LogP contribution in [-0.2, 0) is 12.8 Å². The topological polar surface area (TPSA) is 36.7 Å². The maximum absolute atomic E-state index is 7.68. The molecule has 0 aliphatic heterocycles. The molecule has 1 heterocycles. The number of aromatic nitrogens is 1. The van der Waals surface area contributed by atoms with Crippen molar-refractivity contribution in [2.45, 2.75) is 26.7 Å². The van der Waals surface area contributed by atoms with Crippen molar-refractivity contribution in [2.24, 2.45) is 0 Å². The number of hydrogen-bond donors (Lipinski definition) is 0. The molecule has 0 saturated heterocycles. The van der Waals surface area contributed by atoms with E-state index in [9.17, 15) is 0 Å². The summed E-state index contributed by atoms with van der Waals surface area (Å²) >= 11 is 0. The summed E-state index contributed by atoms with van der Waals surface area (Å²) in [6, 6.07) is 1.92. The van der Waals surface area contributed by atoms with Gasteiger partial charge in [-0.2, -0.15) is 0 Å². The molecule has 1 aromatic rings. The first-order valence-corrected chi connectivity index (χ1v) is 3.98. The van der Waals surface area contributed by atoms with Crippen molar-refractivity contribution < 1.29 is 0 Å². The largest absolute Gasteiger partial charge is 0.299 e. The molecule has 0 spiro atoms. The van der Waals surface area contributed by atoms with Crippen LogP contribution in [-0.4, -0.2) is 4.98 Å². The van der Waals surface area contributed by atoms with E-state index in [4.69, 9.17) is 5.73 Å². The van der Waals surface area contributed by atoms with Crippen LogP contribution in [0.1, 0.15) is 25.1 Å². The van der Waals surface area contributed by atoms with Crippen molar-refractivity contribution in [3.05, 3.63) is 23.5 Å². The van der Waals surface area contributed by atoms with Gasteiger partial charge < -0.3 is 0 Å². The Morgan fingerprint density at radius 1 is 1.36 bits per heavy atom. The molecule has 0 unspecified atom stereocenters. The van der Waals surface area contributed by atoms with Crippen LogP contribution in [0.5, 0.6) is 0 Å². The fourth-order valence-electron chi connectivity index (χ4n) is 1.11. The van der Waals surface area contributed by atoms with E-state index in [-0.39, 0.29) is 0 Å². The molecule has 0 aliphatic rings. The van der Waals surface area contributed by atoms with E-state index >= 15 is 0 Å². The number of pyridine rings is 1. The molecule has 0 aromatic carbocycles. The summed E-state index contributed by atoms with van der Waals surface area (Å²) in [5, 5.41) is 0. The van der Waals surface area contributed by atoms with Crippen LogP contribution >= 0.6 is 0 Å². The quantitative estimate of drug-likeness (QED) is 0.634. The highest BCUT2D eigenvalue weighted by molar-refractivity contribution is 5.46.